The Bertz CT molecular complexity index is 735. The first-order valence-corrected chi connectivity index (χ1v) is 8.41. The van der Waals surface area contributed by atoms with Crippen LogP contribution in [0.3, 0.4) is 0 Å². The van der Waals surface area contributed by atoms with Gasteiger partial charge in [-0.1, -0.05) is 42.5 Å². The van der Waals surface area contributed by atoms with Crippen molar-refractivity contribution < 1.29 is 4.79 Å². The van der Waals surface area contributed by atoms with Crippen molar-refractivity contribution in [2.24, 2.45) is 0 Å². The van der Waals surface area contributed by atoms with Crippen LogP contribution < -0.4 is 0 Å². The second kappa shape index (κ2) is 8.73. The zero-order valence-electron chi connectivity index (χ0n) is 14.1. The Balaban J connectivity index is 1.69. The lowest BCUT2D eigenvalue weighted by atomic mass is 10.1. The third kappa shape index (κ3) is 5.24. The van der Waals surface area contributed by atoms with E-state index in [1.54, 1.807) is 12.4 Å². The van der Waals surface area contributed by atoms with Gasteiger partial charge in [-0.05, 0) is 35.2 Å². The molecular formula is C21H21N3O. The van der Waals surface area contributed by atoms with Crippen molar-refractivity contribution in [1.29, 1.82) is 0 Å². The number of aromatic nitrogens is 2. The number of pyridine rings is 2. The van der Waals surface area contributed by atoms with Crippen molar-refractivity contribution in [3.8, 4) is 0 Å². The summed E-state index contributed by atoms with van der Waals surface area (Å²) < 4.78 is 0. The number of nitrogens with zero attached hydrogens (tertiary/aromatic N) is 3. The van der Waals surface area contributed by atoms with Crippen LogP contribution in [-0.4, -0.2) is 20.8 Å². The number of hydrogen-bond acceptors (Lipinski definition) is 3. The third-order valence-electron chi connectivity index (χ3n) is 4.02. The molecule has 0 aliphatic carbocycles. The molecule has 0 fully saturated rings. The van der Waals surface area contributed by atoms with Crippen molar-refractivity contribution in [1.82, 2.24) is 14.9 Å². The van der Waals surface area contributed by atoms with Crippen LogP contribution in [0.1, 0.15) is 23.1 Å². The smallest absolute Gasteiger partial charge is 0.223 e. The lowest BCUT2D eigenvalue weighted by Gasteiger charge is -2.23. The molecule has 1 amide bonds. The summed E-state index contributed by atoms with van der Waals surface area (Å²) in [6.07, 6.45) is 8.29. The number of benzene rings is 1. The lowest BCUT2D eigenvalue weighted by molar-refractivity contribution is -0.132. The van der Waals surface area contributed by atoms with Crippen LogP contribution in [0, 0.1) is 0 Å². The predicted octanol–water partition coefficient (Wildman–Crippen LogP) is 3.64. The number of carbonyl (C=O) groups excluding carboxylic acids is 1. The fourth-order valence-electron chi connectivity index (χ4n) is 2.70. The molecule has 0 atom stereocenters. The van der Waals surface area contributed by atoms with Gasteiger partial charge in [0.15, 0.2) is 0 Å². The average molecular weight is 331 g/mol. The monoisotopic (exact) mass is 331 g/mol. The van der Waals surface area contributed by atoms with Crippen molar-refractivity contribution in [3.63, 3.8) is 0 Å². The molecule has 0 N–H and O–H groups in total. The highest BCUT2D eigenvalue weighted by Gasteiger charge is 2.15. The van der Waals surface area contributed by atoms with Gasteiger partial charge in [-0.3, -0.25) is 14.8 Å². The van der Waals surface area contributed by atoms with E-state index in [1.807, 2.05) is 71.9 Å². The first-order valence-electron chi connectivity index (χ1n) is 8.41. The van der Waals surface area contributed by atoms with E-state index in [2.05, 4.69) is 9.97 Å². The van der Waals surface area contributed by atoms with Gasteiger partial charge in [-0.25, -0.2) is 0 Å². The van der Waals surface area contributed by atoms with Gasteiger partial charge in [0.05, 0.1) is 0 Å². The Morgan fingerprint density at radius 2 is 1.36 bits per heavy atom. The van der Waals surface area contributed by atoms with Crippen LogP contribution in [-0.2, 0) is 24.3 Å². The molecule has 0 radical (unpaired) electrons. The van der Waals surface area contributed by atoms with E-state index in [9.17, 15) is 4.79 Å². The topological polar surface area (TPSA) is 46.1 Å². The van der Waals surface area contributed by atoms with Crippen LogP contribution in [0.4, 0.5) is 0 Å². The molecule has 0 saturated carbocycles. The highest BCUT2D eigenvalue weighted by molar-refractivity contribution is 5.76. The summed E-state index contributed by atoms with van der Waals surface area (Å²) in [4.78, 5) is 23.0. The number of hydrogen-bond donors (Lipinski definition) is 0. The van der Waals surface area contributed by atoms with Crippen LogP contribution in [0.2, 0.25) is 0 Å². The molecule has 126 valence electrons. The molecule has 2 aromatic heterocycles. The van der Waals surface area contributed by atoms with E-state index in [1.165, 1.54) is 0 Å². The molecule has 0 aliphatic rings. The predicted molar refractivity (Wildman–Crippen MR) is 97.5 cm³/mol. The quantitative estimate of drug-likeness (QED) is 0.664. The molecule has 3 aromatic rings. The summed E-state index contributed by atoms with van der Waals surface area (Å²) in [5, 5.41) is 0. The van der Waals surface area contributed by atoms with E-state index in [4.69, 9.17) is 0 Å². The second-order valence-corrected chi connectivity index (χ2v) is 5.96. The van der Waals surface area contributed by atoms with Crippen molar-refractivity contribution in [2.45, 2.75) is 25.9 Å². The molecule has 0 spiro atoms. The minimum absolute atomic E-state index is 0.136. The summed E-state index contributed by atoms with van der Waals surface area (Å²) in [7, 11) is 0. The summed E-state index contributed by atoms with van der Waals surface area (Å²) in [6, 6.07) is 17.9. The zero-order chi connectivity index (χ0) is 17.3. The van der Waals surface area contributed by atoms with Crippen LogP contribution in [0.25, 0.3) is 0 Å². The molecule has 2 heterocycles. The number of carbonyl (C=O) groups is 1. The molecule has 0 aliphatic heterocycles. The van der Waals surface area contributed by atoms with Crippen molar-refractivity contribution in [3.05, 3.63) is 96.1 Å². The van der Waals surface area contributed by atoms with E-state index in [-0.39, 0.29) is 5.91 Å². The standard InChI is InChI=1S/C21H21N3O/c25-21(11-10-18-8-4-12-22-14-18)24(16-19-6-2-1-3-7-19)17-20-9-5-13-23-15-20/h1-9,12-15H,10-11,16-17H2. The van der Waals surface area contributed by atoms with E-state index in [0.717, 1.165) is 16.7 Å². The molecule has 0 bridgehead atoms. The summed E-state index contributed by atoms with van der Waals surface area (Å²) in [5.41, 5.74) is 3.24. The van der Waals surface area contributed by atoms with Gasteiger partial charge in [-0.15, -0.1) is 0 Å². The van der Waals surface area contributed by atoms with Gasteiger partial charge in [0.2, 0.25) is 5.91 Å². The first kappa shape index (κ1) is 16.8. The fourth-order valence-corrected chi connectivity index (χ4v) is 2.70. The summed E-state index contributed by atoms with van der Waals surface area (Å²) >= 11 is 0. The zero-order valence-corrected chi connectivity index (χ0v) is 14.1. The molecule has 0 unspecified atom stereocenters. The molecule has 25 heavy (non-hydrogen) atoms. The normalized spacial score (nSPS) is 10.4. The number of rotatable bonds is 7. The second-order valence-electron chi connectivity index (χ2n) is 5.96. The Morgan fingerprint density at radius 3 is 2.00 bits per heavy atom. The van der Waals surface area contributed by atoms with Crippen LogP contribution in [0.5, 0.6) is 0 Å². The van der Waals surface area contributed by atoms with Gasteiger partial charge >= 0.3 is 0 Å². The highest BCUT2D eigenvalue weighted by atomic mass is 16.2. The lowest BCUT2D eigenvalue weighted by Crippen LogP contribution is -2.30. The first-order chi connectivity index (χ1) is 12.3. The minimum Gasteiger partial charge on any atom is -0.334 e. The van der Waals surface area contributed by atoms with Gasteiger partial charge in [0, 0.05) is 44.3 Å². The van der Waals surface area contributed by atoms with Crippen molar-refractivity contribution in [2.75, 3.05) is 0 Å². The maximum absolute atomic E-state index is 12.8. The van der Waals surface area contributed by atoms with Crippen LogP contribution in [0.15, 0.2) is 79.4 Å². The maximum Gasteiger partial charge on any atom is 0.223 e. The highest BCUT2D eigenvalue weighted by Crippen LogP contribution is 2.12. The number of amides is 1. The van der Waals surface area contributed by atoms with Gasteiger partial charge in [0.1, 0.15) is 0 Å². The number of aryl methyl sites for hydroxylation is 1. The molecule has 3 rings (SSSR count). The summed E-state index contributed by atoms with van der Waals surface area (Å²) in [5.74, 6) is 0.136. The van der Waals surface area contributed by atoms with Crippen LogP contribution >= 0.6 is 0 Å². The minimum atomic E-state index is 0.136. The summed E-state index contributed by atoms with van der Waals surface area (Å²) in [6.45, 7) is 1.16. The molecule has 4 heteroatoms. The third-order valence-corrected chi connectivity index (χ3v) is 4.02. The Labute approximate surface area is 148 Å². The Hall–Kier alpha value is -3.01. The molecule has 1 aromatic carbocycles. The van der Waals surface area contributed by atoms with E-state index in [0.29, 0.717) is 25.9 Å². The fraction of sp³-hybridized carbons (Fsp3) is 0.190. The van der Waals surface area contributed by atoms with E-state index >= 15 is 0 Å². The van der Waals surface area contributed by atoms with Gasteiger partial charge in [0.25, 0.3) is 0 Å². The maximum atomic E-state index is 12.8. The SMILES string of the molecule is O=C(CCc1cccnc1)N(Cc1ccccc1)Cc1cccnc1. The Morgan fingerprint density at radius 1 is 0.760 bits per heavy atom. The average Bonchev–Trinajstić information content (AvgIpc) is 2.68. The molecule has 0 saturated heterocycles. The largest absolute Gasteiger partial charge is 0.334 e. The van der Waals surface area contributed by atoms with Crippen molar-refractivity contribution >= 4 is 5.91 Å². The van der Waals surface area contributed by atoms with Gasteiger partial charge in [-0.2, -0.15) is 0 Å². The Kier molecular flexibility index (Phi) is 5.88. The molecule has 4 nitrogen and oxygen atoms in total. The van der Waals surface area contributed by atoms with Gasteiger partial charge < -0.3 is 4.90 Å². The van der Waals surface area contributed by atoms with E-state index < -0.39 is 0 Å². The molecular weight excluding hydrogens is 310 g/mol.